The van der Waals surface area contributed by atoms with E-state index in [-0.39, 0.29) is 23.0 Å². The van der Waals surface area contributed by atoms with E-state index in [0.29, 0.717) is 31.0 Å². The van der Waals surface area contributed by atoms with Gasteiger partial charge < -0.3 is 10.4 Å². The molecule has 0 spiro atoms. The molecule has 0 radical (unpaired) electrons. The molecule has 3 heterocycles. The molecule has 1 aliphatic rings. The molecule has 0 aromatic carbocycles. The van der Waals surface area contributed by atoms with Gasteiger partial charge in [-0.1, -0.05) is 10.1 Å². The summed E-state index contributed by atoms with van der Waals surface area (Å²) in [4.78, 5) is 0. The van der Waals surface area contributed by atoms with Crippen LogP contribution in [-0.2, 0) is 0 Å². The van der Waals surface area contributed by atoms with Gasteiger partial charge in [-0.2, -0.15) is 0 Å². The summed E-state index contributed by atoms with van der Waals surface area (Å²) in [6, 6.07) is 5.87. The Labute approximate surface area is 114 Å². The van der Waals surface area contributed by atoms with Crippen LogP contribution in [0.4, 0.5) is 23.0 Å². The molecule has 8 heteroatoms. The number of rotatable bonds is 0. The zero-order valence-corrected chi connectivity index (χ0v) is 10.8. The number of aromatic nitrogens is 2. The van der Waals surface area contributed by atoms with Gasteiger partial charge in [0.15, 0.2) is 0 Å². The van der Waals surface area contributed by atoms with E-state index in [2.05, 4.69) is 0 Å². The second-order valence-corrected chi connectivity index (χ2v) is 4.58. The van der Waals surface area contributed by atoms with Crippen LogP contribution >= 0.6 is 0 Å². The number of pyridine rings is 2. The maximum absolute atomic E-state index is 12.0. The van der Waals surface area contributed by atoms with E-state index in [4.69, 9.17) is 0 Å². The summed E-state index contributed by atoms with van der Waals surface area (Å²) in [5.74, 6) is -0.326. The van der Waals surface area contributed by atoms with Crippen LogP contribution in [0, 0.1) is 24.3 Å². The zero-order valence-electron chi connectivity index (χ0n) is 10.8. The molecule has 0 atom stereocenters. The van der Waals surface area contributed by atoms with Gasteiger partial charge in [0.25, 0.3) is 11.4 Å². The van der Waals surface area contributed by atoms with Crippen LogP contribution in [0.3, 0.4) is 0 Å². The van der Waals surface area contributed by atoms with Crippen LogP contribution in [0.15, 0.2) is 24.3 Å². The normalized spacial score (nSPS) is 13.2. The number of hydrogen-bond acceptors (Lipinski definition) is 6. The van der Waals surface area contributed by atoms with E-state index < -0.39 is 0 Å². The number of hydrogen-bond donors (Lipinski definition) is 2. The van der Waals surface area contributed by atoms with Crippen molar-refractivity contribution in [3.8, 4) is 0 Å². The van der Waals surface area contributed by atoms with Gasteiger partial charge in [0.2, 0.25) is 0 Å². The van der Waals surface area contributed by atoms with Crippen molar-refractivity contribution in [1.29, 1.82) is 0 Å². The van der Waals surface area contributed by atoms with Gasteiger partial charge in [-0.05, 0) is 26.0 Å². The molecule has 2 N–H and O–H groups in total. The molecular weight excluding hydrogens is 264 g/mol. The maximum Gasteiger partial charge on any atom is 0.366 e. The van der Waals surface area contributed by atoms with Crippen LogP contribution in [0.25, 0.3) is 0 Å². The lowest BCUT2D eigenvalue weighted by molar-refractivity contribution is -0.605. The lowest BCUT2D eigenvalue weighted by Crippen LogP contribution is -2.46. The molecule has 0 bridgehead atoms. The third-order valence-corrected chi connectivity index (χ3v) is 3.31. The number of aryl methyl sites for hydroxylation is 2. The van der Waals surface area contributed by atoms with Crippen LogP contribution in [0.5, 0.6) is 0 Å². The Kier molecular flexibility index (Phi) is 2.46. The Balaban J connectivity index is 2.33. The van der Waals surface area contributed by atoms with Crippen LogP contribution < -0.4 is 19.6 Å². The summed E-state index contributed by atoms with van der Waals surface area (Å²) < 4.78 is 0.965. The SMILES string of the molecule is Cc1ccc2c([n+]1[O-])N(O)c1ccc(C)[n+]([O-])c1N2O. The summed E-state index contributed by atoms with van der Waals surface area (Å²) in [7, 11) is 0. The van der Waals surface area contributed by atoms with Gasteiger partial charge in [0.1, 0.15) is 11.4 Å². The summed E-state index contributed by atoms with van der Waals surface area (Å²) >= 11 is 0. The highest BCUT2D eigenvalue weighted by molar-refractivity contribution is 5.83. The van der Waals surface area contributed by atoms with Crippen molar-refractivity contribution in [2.75, 3.05) is 10.1 Å². The maximum atomic E-state index is 12.0. The van der Waals surface area contributed by atoms with E-state index in [1.807, 2.05) is 0 Å². The zero-order chi connectivity index (χ0) is 14.6. The molecule has 0 fully saturated rings. The van der Waals surface area contributed by atoms with Gasteiger partial charge in [0, 0.05) is 12.1 Å². The van der Waals surface area contributed by atoms with Gasteiger partial charge in [-0.15, -0.1) is 0 Å². The summed E-state index contributed by atoms with van der Waals surface area (Å²) in [6.45, 7) is 3.14. The van der Waals surface area contributed by atoms with Gasteiger partial charge in [0.05, 0.1) is 0 Å². The van der Waals surface area contributed by atoms with E-state index in [1.165, 1.54) is 24.3 Å². The van der Waals surface area contributed by atoms with Crippen LogP contribution in [0.1, 0.15) is 11.4 Å². The predicted octanol–water partition coefficient (Wildman–Crippen LogP) is 0.938. The van der Waals surface area contributed by atoms with E-state index >= 15 is 0 Å². The minimum Gasteiger partial charge on any atom is -0.710 e. The Morgan fingerprint density at radius 3 is 1.50 bits per heavy atom. The molecule has 0 unspecified atom stereocenters. The second-order valence-electron chi connectivity index (χ2n) is 4.58. The third kappa shape index (κ3) is 1.43. The van der Waals surface area contributed by atoms with Gasteiger partial charge in [-0.25, -0.2) is 19.9 Å². The standard InChI is InChI=1S/C12H12N4O4/c1-7-3-5-9-11(13(7)17)15(19)10-6-4-8(2)14(18)12(10)16(9)20/h3-6,19-20H,1-2H3. The highest BCUT2D eigenvalue weighted by atomic mass is 16.5. The van der Waals surface area contributed by atoms with Crippen molar-refractivity contribution in [3.63, 3.8) is 0 Å². The molecule has 3 rings (SSSR count). The van der Waals surface area contributed by atoms with Gasteiger partial charge in [-0.3, -0.25) is 0 Å². The number of anilines is 4. The monoisotopic (exact) mass is 276 g/mol. The minimum absolute atomic E-state index is 0.0239. The molecule has 0 amide bonds. The Bertz CT molecular complexity index is 658. The van der Waals surface area contributed by atoms with Crippen LogP contribution in [-0.4, -0.2) is 10.4 Å². The fraction of sp³-hybridized carbons (Fsp3) is 0.167. The first kappa shape index (κ1) is 12.5. The van der Waals surface area contributed by atoms with Crippen molar-refractivity contribution in [2.24, 2.45) is 0 Å². The quantitative estimate of drug-likeness (QED) is 0.548. The highest BCUT2D eigenvalue weighted by Crippen LogP contribution is 2.42. The number of nitrogens with zero attached hydrogens (tertiary/aromatic N) is 4. The Morgan fingerprint density at radius 1 is 0.800 bits per heavy atom. The highest BCUT2D eigenvalue weighted by Gasteiger charge is 2.44. The van der Waals surface area contributed by atoms with Crippen molar-refractivity contribution in [2.45, 2.75) is 13.8 Å². The van der Waals surface area contributed by atoms with Crippen molar-refractivity contribution < 1.29 is 19.9 Å². The average Bonchev–Trinajstić information content (AvgIpc) is 2.42. The summed E-state index contributed by atoms with van der Waals surface area (Å²) in [5, 5.41) is 45.6. The molecule has 8 nitrogen and oxygen atoms in total. The second kappa shape index (κ2) is 3.95. The fourth-order valence-electron chi connectivity index (χ4n) is 2.17. The first-order valence-corrected chi connectivity index (χ1v) is 5.88. The van der Waals surface area contributed by atoms with Crippen molar-refractivity contribution in [3.05, 3.63) is 46.1 Å². The van der Waals surface area contributed by atoms with Crippen molar-refractivity contribution in [1.82, 2.24) is 0 Å². The van der Waals surface area contributed by atoms with E-state index in [9.17, 15) is 20.8 Å². The van der Waals surface area contributed by atoms with Crippen LogP contribution in [0.2, 0.25) is 0 Å². The lowest BCUT2D eigenvalue weighted by Gasteiger charge is -2.26. The molecule has 0 saturated carbocycles. The third-order valence-electron chi connectivity index (χ3n) is 3.31. The van der Waals surface area contributed by atoms with Crippen molar-refractivity contribution >= 4 is 23.0 Å². The van der Waals surface area contributed by atoms with E-state index in [1.54, 1.807) is 13.8 Å². The smallest absolute Gasteiger partial charge is 0.366 e. The Hall–Kier alpha value is -2.58. The number of fused-ring (bicyclic) bond motifs is 2. The molecule has 20 heavy (non-hydrogen) atoms. The average molecular weight is 276 g/mol. The molecule has 0 aliphatic carbocycles. The molecule has 1 aliphatic heterocycles. The van der Waals surface area contributed by atoms with Gasteiger partial charge >= 0.3 is 11.6 Å². The summed E-state index contributed by atoms with van der Waals surface area (Å²) in [6.07, 6.45) is 0. The van der Waals surface area contributed by atoms with E-state index in [0.717, 1.165) is 0 Å². The topological polar surface area (TPSA) is 101 Å². The predicted molar refractivity (Wildman–Crippen MR) is 68.1 cm³/mol. The first-order valence-electron chi connectivity index (χ1n) is 5.88. The molecule has 2 aromatic heterocycles. The summed E-state index contributed by atoms with van der Waals surface area (Å²) in [5.41, 5.74) is 0.745. The Morgan fingerprint density at radius 2 is 1.15 bits per heavy atom. The first-order chi connectivity index (χ1) is 9.43. The lowest BCUT2D eigenvalue weighted by atomic mass is 10.2. The largest absolute Gasteiger partial charge is 0.710 e. The minimum atomic E-state index is -0.163. The molecule has 2 aromatic rings. The molecular formula is C12H12N4O4. The fourth-order valence-corrected chi connectivity index (χ4v) is 2.17. The molecule has 0 saturated heterocycles. The molecule has 104 valence electrons.